The molecule has 4 nitrogen and oxygen atoms in total. The van der Waals surface area contributed by atoms with E-state index < -0.39 is 0 Å². The van der Waals surface area contributed by atoms with E-state index in [0.29, 0.717) is 37.1 Å². The average Bonchev–Trinajstić information content (AvgIpc) is 2.72. The fraction of sp³-hybridized carbons (Fsp3) is 0.182. The number of hydrogen-bond donors (Lipinski definition) is 1. The summed E-state index contributed by atoms with van der Waals surface area (Å²) in [6, 6.07) is 21.7. The van der Waals surface area contributed by atoms with E-state index in [1.165, 1.54) is 0 Å². The summed E-state index contributed by atoms with van der Waals surface area (Å²) in [5.41, 5.74) is 3.15. The van der Waals surface area contributed by atoms with Gasteiger partial charge >= 0.3 is 0 Å². The third kappa shape index (κ3) is 4.47. The van der Waals surface area contributed by atoms with Gasteiger partial charge in [0.05, 0.1) is 5.02 Å². The molecule has 138 valence electrons. The predicted molar refractivity (Wildman–Crippen MR) is 107 cm³/mol. The van der Waals surface area contributed by atoms with E-state index in [1.54, 1.807) is 0 Å². The molecule has 3 aromatic rings. The van der Waals surface area contributed by atoms with Crippen LogP contribution in [0.5, 0.6) is 17.2 Å². The molecule has 0 radical (unpaired) electrons. The fourth-order valence-electron chi connectivity index (χ4n) is 2.86. The highest BCUT2D eigenvalue weighted by Gasteiger charge is 2.11. The lowest BCUT2D eigenvalue weighted by molar-refractivity contribution is 0.171. The highest BCUT2D eigenvalue weighted by molar-refractivity contribution is 6.32. The summed E-state index contributed by atoms with van der Waals surface area (Å²) in [7, 11) is 0. The lowest BCUT2D eigenvalue weighted by Gasteiger charge is -2.19. The maximum Gasteiger partial charge on any atom is 0.163 e. The smallest absolute Gasteiger partial charge is 0.163 e. The van der Waals surface area contributed by atoms with E-state index in [9.17, 15) is 0 Å². The monoisotopic (exact) mass is 381 g/mol. The molecule has 0 aromatic heterocycles. The second kappa shape index (κ2) is 8.23. The van der Waals surface area contributed by atoms with Gasteiger partial charge in [-0.15, -0.1) is 0 Å². The summed E-state index contributed by atoms with van der Waals surface area (Å²) < 4.78 is 17.0. The van der Waals surface area contributed by atoms with E-state index in [-0.39, 0.29) is 0 Å². The van der Waals surface area contributed by atoms with E-state index in [2.05, 4.69) is 5.32 Å². The van der Waals surface area contributed by atoms with Gasteiger partial charge in [0.25, 0.3) is 0 Å². The highest BCUT2D eigenvalue weighted by Crippen LogP contribution is 2.33. The van der Waals surface area contributed by atoms with Crippen LogP contribution in [0.3, 0.4) is 0 Å². The van der Waals surface area contributed by atoms with Gasteiger partial charge in [-0.25, -0.2) is 0 Å². The SMILES string of the molecule is Clc1cc(CNc2ccc3c(c2)OCCO3)ccc1OCc1ccccc1. The van der Waals surface area contributed by atoms with Crippen LogP contribution in [0.15, 0.2) is 66.7 Å². The Labute approximate surface area is 163 Å². The summed E-state index contributed by atoms with van der Waals surface area (Å²) in [4.78, 5) is 0. The lowest BCUT2D eigenvalue weighted by Crippen LogP contribution is -2.15. The Hall–Kier alpha value is -2.85. The Bertz CT molecular complexity index is 915. The molecule has 0 saturated heterocycles. The lowest BCUT2D eigenvalue weighted by atomic mass is 10.2. The molecular formula is C22H20ClNO3. The van der Waals surface area contributed by atoms with Crippen LogP contribution >= 0.6 is 11.6 Å². The molecule has 1 aliphatic heterocycles. The Morgan fingerprint density at radius 1 is 0.852 bits per heavy atom. The fourth-order valence-corrected chi connectivity index (χ4v) is 3.12. The van der Waals surface area contributed by atoms with E-state index in [4.69, 9.17) is 25.8 Å². The summed E-state index contributed by atoms with van der Waals surface area (Å²) in [6.45, 7) is 2.32. The highest BCUT2D eigenvalue weighted by atomic mass is 35.5. The van der Waals surface area contributed by atoms with Crippen LogP contribution in [0.1, 0.15) is 11.1 Å². The maximum absolute atomic E-state index is 6.38. The van der Waals surface area contributed by atoms with E-state index >= 15 is 0 Å². The number of anilines is 1. The molecule has 1 aliphatic rings. The van der Waals surface area contributed by atoms with Crippen LogP contribution in [0, 0.1) is 0 Å². The molecule has 0 aliphatic carbocycles. The Morgan fingerprint density at radius 3 is 2.48 bits per heavy atom. The van der Waals surface area contributed by atoms with Crippen LogP contribution in [0.4, 0.5) is 5.69 Å². The number of rotatable bonds is 6. The molecule has 4 rings (SSSR count). The van der Waals surface area contributed by atoms with Crippen molar-refractivity contribution in [2.45, 2.75) is 13.2 Å². The third-order valence-electron chi connectivity index (χ3n) is 4.27. The number of halogens is 1. The number of nitrogens with one attached hydrogen (secondary N) is 1. The second-order valence-electron chi connectivity index (χ2n) is 6.25. The summed E-state index contributed by atoms with van der Waals surface area (Å²) >= 11 is 6.38. The minimum Gasteiger partial charge on any atom is -0.487 e. The normalized spacial score (nSPS) is 12.5. The van der Waals surface area contributed by atoms with Gasteiger partial charge in [-0.05, 0) is 35.4 Å². The Balaban J connectivity index is 1.36. The van der Waals surface area contributed by atoms with Gasteiger partial charge < -0.3 is 19.5 Å². The van der Waals surface area contributed by atoms with Gasteiger partial charge in [-0.2, -0.15) is 0 Å². The minimum absolute atomic E-state index is 0.495. The molecule has 1 heterocycles. The van der Waals surface area contributed by atoms with Gasteiger partial charge in [-0.1, -0.05) is 48.0 Å². The van der Waals surface area contributed by atoms with Gasteiger partial charge in [0.1, 0.15) is 25.6 Å². The molecule has 0 bridgehead atoms. The molecule has 5 heteroatoms. The Kier molecular flexibility index (Phi) is 5.35. The number of hydrogen-bond acceptors (Lipinski definition) is 4. The van der Waals surface area contributed by atoms with E-state index in [1.807, 2.05) is 66.7 Å². The Morgan fingerprint density at radius 2 is 1.67 bits per heavy atom. The average molecular weight is 382 g/mol. The molecule has 0 unspecified atom stereocenters. The van der Waals surface area contributed by atoms with Crippen LogP contribution in [0.2, 0.25) is 5.02 Å². The molecule has 27 heavy (non-hydrogen) atoms. The molecular weight excluding hydrogens is 362 g/mol. The first-order chi connectivity index (χ1) is 13.3. The van der Waals surface area contributed by atoms with Crippen molar-refractivity contribution in [3.8, 4) is 17.2 Å². The predicted octanol–water partition coefficient (Wildman–Crippen LogP) is 5.30. The largest absolute Gasteiger partial charge is 0.487 e. The summed E-state index contributed by atoms with van der Waals surface area (Å²) in [6.07, 6.45) is 0. The van der Waals surface area contributed by atoms with Crippen LogP contribution in [-0.4, -0.2) is 13.2 Å². The molecule has 1 N–H and O–H groups in total. The number of fused-ring (bicyclic) bond motifs is 1. The number of ether oxygens (including phenoxy) is 3. The van der Waals surface area contributed by atoms with Crippen LogP contribution in [-0.2, 0) is 13.2 Å². The molecule has 0 atom stereocenters. The van der Waals surface area contributed by atoms with Gasteiger partial charge in [0.2, 0.25) is 0 Å². The van der Waals surface area contributed by atoms with Gasteiger partial charge in [0, 0.05) is 18.3 Å². The second-order valence-corrected chi connectivity index (χ2v) is 6.66. The standard InChI is InChI=1S/C22H20ClNO3/c23-19-12-17(6-8-20(19)27-15-16-4-2-1-3-5-16)14-24-18-7-9-21-22(13-18)26-11-10-25-21/h1-9,12-13,24H,10-11,14-15H2. The molecule has 3 aromatic carbocycles. The molecule has 0 amide bonds. The zero-order valence-electron chi connectivity index (χ0n) is 14.8. The van der Waals surface area contributed by atoms with Crippen molar-refractivity contribution in [1.29, 1.82) is 0 Å². The van der Waals surface area contributed by atoms with Crippen LogP contribution in [0.25, 0.3) is 0 Å². The topological polar surface area (TPSA) is 39.7 Å². The van der Waals surface area contributed by atoms with Gasteiger partial charge in [0.15, 0.2) is 11.5 Å². The molecule has 0 saturated carbocycles. The zero-order valence-corrected chi connectivity index (χ0v) is 15.5. The van der Waals surface area contributed by atoms with Crippen molar-refractivity contribution >= 4 is 17.3 Å². The molecule has 0 fully saturated rings. The zero-order chi connectivity index (χ0) is 18.5. The van der Waals surface area contributed by atoms with Crippen molar-refractivity contribution in [2.75, 3.05) is 18.5 Å². The molecule has 0 spiro atoms. The minimum atomic E-state index is 0.495. The van der Waals surface area contributed by atoms with Crippen molar-refractivity contribution in [3.63, 3.8) is 0 Å². The summed E-state index contributed by atoms with van der Waals surface area (Å²) in [5, 5.41) is 3.98. The van der Waals surface area contributed by atoms with Gasteiger partial charge in [-0.3, -0.25) is 0 Å². The van der Waals surface area contributed by atoms with Crippen molar-refractivity contribution < 1.29 is 14.2 Å². The van der Waals surface area contributed by atoms with Crippen LogP contribution < -0.4 is 19.5 Å². The third-order valence-corrected chi connectivity index (χ3v) is 4.57. The quantitative estimate of drug-likeness (QED) is 0.628. The maximum atomic E-state index is 6.38. The summed E-state index contributed by atoms with van der Waals surface area (Å²) in [5.74, 6) is 2.24. The van der Waals surface area contributed by atoms with Crippen molar-refractivity contribution in [2.24, 2.45) is 0 Å². The van der Waals surface area contributed by atoms with Crippen molar-refractivity contribution in [3.05, 3.63) is 82.9 Å². The van der Waals surface area contributed by atoms with E-state index in [0.717, 1.165) is 28.3 Å². The first-order valence-corrected chi connectivity index (χ1v) is 9.24. The first kappa shape index (κ1) is 17.6. The van der Waals surface area contributed by atoms with Crippen molar-refractivity contribution in [1.82, 2.24) is 0 Å². The number of benzene rings is 3. The first-order valence-electron chi connectivity index (χ1n) is 8.86.